The van der Waals surface area contributed by atoms with Crippen LogP contribution in [0.1, 0.15) is 0 Å². The van der Waals surface area contributed by atoms with Crippen LogP contribution in [-0.2, 0) is 0 Å². The summed E-state index contributed by atoms with van der Waals surface area (Å²) < 4.78 is 6.22. The average Bonchev–Trinajstić information content (AvgIpc) is 3.53. The van der Waals surface area contributed by atoms with E-state index in [-0.39, 0.29) is 0 Å². The lowest BCUT2D eigenvalue weighted by atomic mass is 10.0. The molecule has 2 nitrogen and oxygen atoms in total. The Bertz CT molecular complexity index is 2600. The van der Waals surface area contributed by atoms with Crippen LogP contribution in [0.15, 0.2) is 189 Å². The van der Waals surface area contributed by atoms with Crippen molar-refractivity contribution in [3.05, 3.63) is 151 Å². The largest absolute Gasteiger partial charge is 0.456 e. The molecule has 0 spiro atoms. The Hall–Kier alpha value is -4.17. The topological polar surface area (TPSA) is 16.4 Å². The van der Waals surface area contributed by atoms with Gasteiger partial charge in [0, 0.05) is 56.4 Å². The van der Waals surface area contributed by atoms with Gasteiger partial charge in [-0.3, -0.25) is 0 Å². The maximum Gasteiger partial charge on any atom is 0.137 e. The van der Waals surface area contributed by atoms with Crippen molar-refractivity contribution in [1.82, 2.24) is 0 Å². The first-order chi connectivity index (χ1) is 24.2. The number of para-hydroxylation sites is 1. The first-order valence-electron chi connectivity index (χ1n) is 15.8. The third kappa shape index (κ3) is 5.17. The number of nitrogens with zero attached hydrogens (tertiary/aromatic N) is 1. The van der Waals surface area contributed by atoms with Crippen LogP contribution in [0, 0.1) is 0 Å². The number of halogens is 1. The van der Waals surface area contributed by atoms with E-state index in [0.717, 1.165) is 50.1 Å². The predicted molar refractivity (Wildman–Crippen MR) is 208 cm³/mol. The number of fused-ring (bicyclic) bond motifs is 7. The van der Waals surface area contributed by atoms with E-state index in [0.29, 0.717) is 5.02 Å². The summed E-state index contributed by atoms with van der Waals surface area (Å²) in [6, 6.07) is 51.9. The van der Waals surface area contributed by atoms with Gasteiger partial charge in [-0.1, -0.05) is 119 Å². The molecule has 3 heterocycles. The molecule has 7 aromatic carbocycles. The zero-order valence-electron chi connectivity index (χ0n) is 25.7. The molecule has 0 N–H and O–H groups in total. The monoisotopic (exact) mass is 721 g/mol. The molecule has 234 valence electrons. The molecule has 10 rings (SSSR count). The molecule has 0 saturated carbocycles. The van der Waals surface area contributed by atoms with Gasteiger partial charge in [-0.15, -0.1) is 0 Å². The van der Waals surface area contributed by atoms with Crippen LogP contribution in [0.3, 0.4) is 0 Å². The van der Waals surface area contributed by atoms with Crippen LogP contribution < -0.4 is 4.90 Å². The molecule has 0 fully saturated rings. The first kappa shape index (κ1) is 29.7. The van der Waals surface area contributed by atoms with Crippen molar-refractivity contribution in [2.24, 2.45) is 0 Å². The molecule has 0 radical (unpaired) electrons. The fourth-order valence-electron chi connectivity index (χ4n) is 6.57. The van der Waals surface area contributed by atoms with Crippen molar-refractivity contribution in [3.8, 4) is 11.1 Å². The Kier molecular flexibility index (Phi) is 7.28. The van der Waals surface area contributed by atoms with Gasteiger partial charge in [0.05, 0.1) is 15.6 Å². The molecule has 0 amide bonds. The molecular formula is C42H24ClNOS4. The number of furan rings is 1. The van der Waals surface area contributed by atoms with Crippen molar-refractivity contribution < 1.29 is 4.42 Å². The molecule has 1 aromatic heterocycles. The highest BCUT2D eigenvalue weighted by molar-refractivity contribution is 8.05. The summed E-state index contributed by atoms with van der Waals surface area (Å²) in [5, 5.41) is 2.69. The van der Waals surface area contributed by atoms with E-state index >= 15 is 0 Å². The van der Waals surface area contributed by atoms with Crippen LogP contribution in [0.2, 0.25) is 5.02 Å². The van der Waals surface area contributed by atoms with E-state index in [1.807, 2.05) is 71.3 Å². The van der Waals surface area contributed by atoms with Crippen molar-refractivity contribution >= 4 is 97.6 Å². The average molecular weight is 722 g/mol. The van der Waals surface area contributed by atoms with Crippen LogP contribution in [-0.4, -0.2) is 0 Å². The molecule has 2 aliphatic rings. The van der Waals surface area contributed by atoms with Crippen LogP contribution in [0.4, 0.5) is 17.1 Å². The van der Waals surface area contributed by atoms with E-state index in [4.69, 9.17) is 16.0 Å². The summed E-state index contributed by atoms with van der Waals surface area (Å²) in [7, 11) is 0. The van der Waals surface area contributed by atoms with Gasteiger partial charge in [0.2, 0.25) is 0 Å². The van der Waals surface area contributed by atoms with Gasteiger partial charge < -0.3 is 9.32 Å². The highest BCUT2D eigenvalue weighted by Crippen LogP contribution is 2.55. The maximum absolute atomic E-state index is 6.89. The summed E-state index contributed by atoms with van der Waals surface area (Å²) >= 11 is 14.3. The molecule has 0 unspecified atom stereocenters. The number of hydrogen-bond donors (Lipinski definition) is 0. The van der Waals surface area contributed by atoms with Gasteiger partial charge in [0.1, 0.15) is 11.2 Å². The number of rotatable bonds is 4. The van der Waals surface area contributed by atoms with Crippen LogP contribution in [0.5, 0.6) is 0 Å². The third-order valence-corrected chi connectivity index (χ3v) is 14.3. The molecule has 0 aliphatic carbocycles. The summed E-state index contributed by atoms with van der Waals surface area (Å²) in [4.78, 5) is 12.7. The van der Waals surface area contributed by atoms with Crippen LogP contribution in [0.25, 0.3) is 33.1 Å². The van der Waals surface area contributed by atoms with Crippen LogP contribution >= 0.6 is 58.6 Å². The van der Waals surface area contributed by atoms with Crippen molar-refractivity contribution in [2.75, 3.05) is 4.90 Å². The third-order valence-electron chi connectivity index (χ3n) is 8.84. The van der Waals surface area contributed by atoms with Crippen molar-refractivity contribution in [2.45, 2.75) is 39.2 Å². The maximum atomic E-state index is 6.89. The lowest BCUT2D eigenvalue weighted by Crippen LogP contribution is -2.12. The van der Waals surface area contributed by atoms with Crippen molar-refractivity contribution in [3.63, 3.8) is 0 Å². The Morgan fingerprint density at radius 1 is 0.449 bits per heavy atom. The summed E-state index contributed by atoms with van der Waals surface area (Å²) in [6.07, 6.45) is 0. The molecule has 2 aliphatic heterocycles. The Morgan fingerprint density at radius 3 is 1.84 bits per heavy atom. The normalized spacial score (nSPS) is 13.1. The lowest BCUT2D eigenvalue weighted by molar-refractivity contribution is 0.669. The zero-order chi connectivity index (χ0) is 32.5. The molecular weight excluding hydrogens is 698 g/mol. The van der Waals surface area contributed by atoms with Gasteiger partial charge in [0.15, 0.2) is 0 Å². The minimum atomic E-state index is 0.694. The molecule has 0 atom stereocenters. The Balaban J connectivity index is 1.09. The first-order valence-corrected chi connectivity index (χ1v) is 19.5. The second-order valence-electron chi connectivity index (χ2n) is 11.8. The number of anilines is 3. The summed E-state index contributed by atoms with van der Waals surface area (Å²) in [5.41, 5.74) is 7.13. The molecule has 0 saturated heterocycles. The lowest BCUT2D eigenvalue weighted by Gasteiger charge is -2.31. The van der Waals surface area contributed by atoms with E-state index in [1.54, 1.807) is 0 Å². The fraction of sp³-hybridized carbons (Fsp3) is 0. The standard InChI is InChI=1S/C42H24ClNOS4/c43-30-22-26(23-33-41(30)29-8-1-2-10-32(29)45-33)25-16-18-27(19-17-25)44(28-20-21-38-40(24-28)48-35-12-4-3-11-34(35)46-38)31-9-7-15-39-42(31)49-37-14-6-5-13-36(37)47-39/h1-24H. The Labute approximate surface area is 305 Å². The van der Waals surface area contributed by atoms with E-state index in [2.05, 4.69) is 126 Å². The highest BCUT2D eigenvalue weighted by Gasteiger charge is 2.26. The second-order valence-corrected chi connectivity index (χ2v) is 16.6. The van der Waals surface area contributed by atoms with Gasteiger partial charge >= 0.3 is 0 Å². The smallest absolute Gasteiger partial charge is 0.137 e. The summed E-state index contributed by atoms with van der Waals surface area (Å²) in [6.45, 7) is 0. The van der Waals surface area contributed by atoms with E-state index in [9.17, 15) is 0 Å². The van der Waals surface area contributed by atoms with Gasteiger partial charge in [-0.05, 0) is 96.1 Å². The molecule has 7 heteroatoms. The van der Waals surface area contributed by atoms with Gasteiger partial charge in [-0.2, -0.15) is 0 Å². The number of hydrogen-bond acceptors (Lipinski definition) is 6. The molecule has 49 heavy (non-hydrogen) atoms. The van der Waals surface area contributed by atoms with Gasteiger partial charge in [0.25, 0.3) is 0 Å². The fourth-order valence-corrected chi connectivity index (χ4v) is 11.5. The predicted octanol–water partition coefficient (Wildman–Crippen LogP) is 14.6. The minimum absolute atomic E-state index is 0.694. The molecule has 0 bridgehead atoms. The van der Waals surface area contributed by atoms with E-state index in [1.165, 1.54) is 39.2 Å². The minimum Gasteiger partial charge on any atom is -0.456 e. The Morgan fingerprint density at radius 2 is 1.06 bits per heavy atom. The quantitative estimate of drug-likeness (QED) is 0.179. The van der Waals surface area contributed by atoms with Gasteiger partial charge in [-0.25, -0.2) is 0 Å². The highest BCUT2D eigenvalue weighted by atomic mass is 35.5. The summed E-state index contributed by atoms with van der Waals surface area (Å²) in [5.74, 6) is 0. The molecule has 8 aromatic rings. The second kappa shape index (κ2) is 12.0. The SMILES string of the molecule is Clc1cc(-c2ccc(N(c3ccc4c(c3)Sc3ccccc3S4)c3cccc4c3Sc3ccccc3S4)cc2)cc2oc3ccccc3c12. The number of benzene rings is 7. The zero-order valence-corrected chi connectivity index (χ0v) is 29.7. The van der Waals surface area contributed by atoms with E-state index < -0.39 is 0 Å². The van der Waals surface area contributed by atoms with Crippen molar-refractivity contribution in [1.29, 1.82) is 0 Å².